The molecule has 0 aliphatic rings. The van der Waals surface area contributed by atoms with Crippen LogP contribution in [0.15, 0.2) is 23.0 Å². The molecule has 0 radical (unpaired) electrons. The van der Waals surface area contributed by atoms with Crippen LogP contribution in [0.5, 0.6) is 0 Å². The molecule has 0 saturated carbocycles. The van der Waals surface area contributed by atoms with Crippen LogP contribution >= 0.6 is 0 Å². The van der Waals surface area contributed by atoms with Crippen molar-refractivity contribution in [2.24, 2.45) is 5.92 Å². The third kappa shape index (κ3) is 3.23. The number of aliphatic hydroxyl groups excluding tert-OH is 1. The van der Waals surface area contributed by atoms with Gasteiger partial charge in [0.2, 0.25) is 0 Å². The highest BCUT2D eigenvalue weighted by molar-refractivity contribution is 5.06. The second-order valence-electron chi connectivity index (χ2n) is 3.67. The predicted octanol–water partition coefficient (Wildman–Crippen LogP) is 2.62. The predicted molar refractivity (Wildman–Crippen MR) is 52.5 cm³/mol. The molecule has 0 aliphatic heterocycles. The van der Waals surface area contributed by atoms with Crippen LogP contribution < -0.4 is 0 Å². The summed E-state index contributed by atoms with van der Waals surface area (Å²) in [4.78, 5) is 0. The maximum absolute atomic E-state index is 9.78. The van der Waals surface area contributed by atoms with E-state index in [1.54, 1.807) is 12.5 Å². The SMILES string of the molecule is CCCC(C)C(O)Cc1ccoc1. The van der Waals surface area contributed by atoms with Crippen molar-refractivity contribution >= 4 is 0 Å². The molecule has 2 atom stereocenters. The Bertz CT molecular complexity index is 216. The molecule has 1 N–H and O–H groups in total. The maximum Gasteiger partial charge on any atom is 0.0935 e. The van der Waals surface area contributed by atoms with Crippen LogP contribution in [0, 0.1) is 5.92 Å². The second kappa shape index (κ2) is 5.07. The lowest BCUT2D eigenvalue weighted by Gasteiger charge is -2.16. The van der Waals surface area contributed by atoms with Gasteiger partial charge in [0.05, 0.1) is 18.6 Å². The zero-order valence-corrected chi connectivity index (χ0v) is 8.36. The Morgan fingerprint density at radius 3 is 2.85 bits per heavy atom. The molecule has 2 nitrogen and oxygen atoms in total. The van der Waals surface area contributed by atoms with Gasteiger partial charge >= 0.3 is 0 Å². The molecule has 2 unspecified atom stereocenters. The summed E-state index contributed by atoms with van der Waals surface area (Å²) in [5.74, 6) is 0.375. The molecular weight excluding hydrogens is 164 g/mol. The van der Waals surface area contributed by atoms with Gasteiger partial charge in [0.1, 0.15) is 0 Å². The van der Waals surface area contributed by atoms with Gasteiger partial charge in [-0.1, -0.05) is 20.3 Å². The third-order valence-electron chi connectivity index (χ3n) is 2.43. The third-order valence-corrected chi connectivity index (χ3v) is 2.43. The van der Waals surface area contributed by atoms with Gasteiger partial charge in [-0.05, 0) is 24.0 Å². The minimum Gasteiger partial charge on any atom is -0.472 e. The van der Waals surface area contributed by atoms with Gasteiger partial charge < -0.3 is 9.52 Å². The molecule has 0 spiro atoms. The van der Waals surface area contributed by atoms with E-state index in [1.165, 1.54) is 0 Å². The van der Waals surface area contributed by atoms with E-state index >= 15 is 0 Å². The van der Waals surface area contributed by atoms with E-state index < -0.39 is 0 Å². The fourth-order valence-electron chi connectivity index (χ4n) is 1.50. The van der Waals surface area contributed by atoms with E-state index in [0.29, 0.717) is 12.3 Å². The van der Waals surface area contributed by atoms with E-state index in [0.717, 1.165) is 18.4 Å². The topological polar surface area (TPSA) is 33.4 Å². The quantitative estimate of drug-likeness (QED) is 0.759. The van der Waals surface area contributed by atoms with Gasteiger partial charge in [-0.15, -0.1) is 0 Å². The lowest BCUT2D eigenvalue weighted by atomic mass is 9.95. The second-order valence-corrected chi connectivity index (χ2v) is 3.67. The average molecular weight is 182 g/mol. The van der Waals surface area contributed by atoms with Gasteiger partial charge in [0, 0.05) is 6.42 Å². The van der Waals surface area contributed by atoms with Crippen LogP contribution in [0.3, 0.4) is 0 Å². The van der Waals surface area contributed by atoms with Crippen molar-refractivity contribution in [2.45, 2.75) is 39.2 Å². The summed E-state index contributed by atoms with van der Waals surface area (Å²) >= 11 is 0. The minimum atomic E-state index is -0.238. The fourth-order valence-corrected chi connectivity index (χ4v) is 1.50. The van der Waals surface area contributed by atoms with Crippen molar-refractivity contribution in [1.82, 2.24) is 0 Å². The van der Waals surface area contributed by atoms with Crippen molar-refractivity contribution in [3.05, 3.63) is 24.2 Å². The minimum absolute atomic E-state index is 0.238. The lowest BCUT2D eigenvalue weighted by molar-refractivity contribution is 0.111. The summed E-state index contributed by atoms with van der Waals surface area (Å²) in [7, 11) is 0. The van der Waals surface area contributed by atoms with E-state index in [4.69, 9.17) is 4.42 Å². The zero-order valence-electron chi connectivity index (χ0n) is 8.36. The Balaban J connectivity index is 2.36. The first-order valence-corrected chi connectivity index (χ1v) is 4.93. The summed E-state index contributed by atoms with van der Waals surface area (Å²) < 4.78 is 4.94. The van der Waals surface area contributed by atoms with Gasteiger partial charge in [-0.2, -0.15) is 0 Å². The molecule has 1 aromatic rings. The fraction of sp³-hybridized carbons (Fsp3) is 0.636. The molecule has 0 fully saturated rings. The van der Waals surface area contributed by atoms with E-state index in [-0.39, 0.29) is 6.10 Å². The highest BCUT2D eigenvalue weighted by Crippen LogP contribution is 2.15. The Hall–Kier alpha value is -0.760. The van der Waals surface area contributed by atoms with Crippen molar-refractivity contribution in [1.29, 1.82) is 0 Å². The number of rotatable bonds is 5. The molecule has 1 heterocycles. The van der Waals surface area contributed by atoms with Gasteiger partial charge in [0.25, 0.3) is 0 Å². The molecule has 0 aromatic carbocycles. The molecule has 1 aromatic heterocycles. The van der Waals surface area contributed by atoms with Gasteiger partial charge in [0.15, 0.2) is 0 Å². The van der Waals surface area contributed by atoms with E-state index in [2.05, 4.69) is 13.8 Å². The molecule has 0 bridgehead atoms. The van der Waals surface area contributed by atoms with Crippen LogP contribution in [0.1, 0.15) is 32.3 Å². The van der Waals surface area contributed by atoms with Crippen molar-refractivity contribution in [3.8, 4) is 0 Å². The van der Waals surface area contributed by atoms with E-state index in [1.807, 2.05) is 6.07 Å². The monoisotopic (exact) mass is 182 g/mol. The van der Waals surface area contributed by atoms with Crippen LogP contribution in [-0.4, -0.2) is 11.2 Å². The molecule has 74 valence electrons. The normalized spacial score (nSPS) is 15.6. The van der Waals surface area contributed by atoms with Crippen LogP contribution in [0.2, 0.25) is 0 Å². The Kier molecular flexibility index (Phi) is 4.03. The van der Waals surface area contributed by atoms with Crippen LogP contribution in [0.4, 0.5) is 0 Å². The zero-order chi connectivity index (χ0) is 9.68. The largest absolute Gasteiger partial charge is 0.472 e. The number of furan rings is 1. The maximum atomic E-state index is 9.78. The molecule has 0 amide bonds. The van der Waals surface area contributed by atoms with Crippen LogP contribution in [-0.2, 0) is 6.42 Å². The molecule has 0 saturated heterocycles. The first kappa shape index (κ1) is 10.3. The highest BCUT2D eigenvalue weighted by atomic mass is 16.3. The summed E-state index contributed by atoms with van der Waals surface area (Å²) in [5, 5.41) is 9.78. The summed E-state index contributed by atoms with van der Waals surface area (Å²) in [6.07, 6.45) is 6.02. The molecular formula is C11H18O2. The van der Waals surface area contributed by atoms with E-state index in [9.17, 15) is 5.11 Å². The molecule has 1 rings (SSSR count). The Morgan fingerprint density at radius 1 is 1.54 bits per heavy atom. The summed E-state index contributed by atoms with van der Waals surface area (Å²) in [5.41, 5.74) is 1.08. The summed E-state index contributed by atoms with van der Waals surface area (Å²) in [6.45, 7) is 4.23. The van der Waals surface area contributed by atoms with Crippen molar-refractivity contribution in [3.63, 3.8) is 0 Å². The molecule has 2 heteroatoms. The standard InChI is InChI=1S/C11H18O2/c1-3-4-9(2)11(12)7-10-5-6-13-8-10/h5-6,8-9,11-12H,3-4,7H2,1-2H3. The lowest BCUT2D eigenvalue weighted by Crippen LogP contribution is -2.19. The molecule has 0 aliphatic carbocycles. The summed E-state index contributed by atoms with van der Waals surface area (Å²) in [6, 6.07) is 1.90. The Labute approximate surface area is 79.6 Å². The van der Waals surface area contributed by atoms with Gasteiger partial charge in [-0.3, -0.25) is 0 Å². The number of hydrogen-bond donors (Lipinski definition) is 1. The smallest absolute Gasteiger partial charge is 0.0935 e. The van der Waals surface area contributed by atoms with Crippen molar-refractivity contribution in [2.75, 3.05) is 0 Å². The van der Waals surface area contributed by atoms with Gasteiger partial charge in [-0.25, -0.2) is 0 Å². The number of aliphatic hydroxyl groups is 1. The average Bonchev–Trinajstić information content (AvgIpc) is 2.57. The van der Waals surface area contributed by atoms with Crippen LogP contribution in [0.25, 0.3) is 0 Å². The first-order valence-electron chi connectivity index (χ1n) is 4.93. The highest BCUT2D eigenvalue weighted by Gasteiger charge is 2.13. The first-order chi connectivity index (χ1) is 6.24. The van der Waals surface area contributed by atoms with Crippen molar-refractivity contribution < 1.29 is 9.52 Å². The number of hydrogen-bond acceptors (Lipinski definition) is 2. The Morgan fingerprint density at radius 2 is 2.31 bits per heavy atom. The molecule has 13 heavy (non-hydrogen) atoms.